The molecule has 0 saturated carbocycles. The molecule has 1 aromatic carbocycles. The molecule has 0 aliphatic heterocycles. The Labute approximate surface area is 77.3 Å². The van der Waals surface area contributed by atoms with Crippen LogP contribution in [0.15, 0.2) is 29.3 Å². The number of isocyanates is 1. The topological polar surface area (TPSA) is 29.4 Å². The van der Waals surface area contributed by atoms with Gasteiger partial charge in [-0.3, -0.25) is 0 Å². The molecule has 0 saturated heterocycles. The van der Waals surface area contributed by atoms with E-state index in [-0.39, 0.29) is 0 Å². The van der Waals surface area contributed by atoms with Gasteiger partial charge in [0, 0.05) is 12.5 Å². The van der Waals surface area contributed by atoms with Crippen molar-refractivity contribution < 1.29 is 4.79 Å². The first kappa shape index (κ1) is 9.25. The summed E-state index contributed by atoms with van der Waals surface area (Å²) < 4.78 is 0. The van der Waals surface area contributed by atoms with Crippen molar-refractivity contribution in [2.75, 3.05) is 0 Å². The van der Waals surface area contributed by atoms with Crippen LogP contribution in [0.25, 0.3) is 0 Å². The van der Waals surface area contributed by atoms with Gasteiger partial charge in [-0.2, -0.15) is 0 Å². The van der Waals surface area contributed by atoms with Crippen molar-refractivity contribution in [3.63, 3.8) is 0 Å². The molecule has 64 valence electrons. The van der Waals surface area contributed by atoms with E-state index in [0.717, 1.165) is 5.56 Å². The lowest BCUT2D eigenvalue weighted by Crippen LogP contribution is -1.85. The zero-order valence-electron chi connectivity index (χ0n) is 7.37. The number of rotatable bonds is 1. The summed E-state index contributed by atoms with van der Waals surface area (Å²) in [5, 5.41) is 0. The van der Waals surface area contributed by atoms with Gasteiger partial charge >= 0.3 is 0 Å². The molecule has 0 aromatic heterocycles. The Kier molecular flexibility index (Phi) is 3.50. The van der Waals surface area contributed by atoms with Gasteiger partial charge in [-0.05, 0) is 18.1 Å². The summed E-state index contributed by atoms with van der Waals surface area (Å²) >= 11 is 0. The standard InChI is InChI=1S/C11H9NO/c1-10-5-2-3-6-11(10)7-4-8-12-9-13/h2-3,5-6H,7H2,1H3. The van der Waals surface area contributed by atoms with Crippen LogP contribution in [0.5, 0.6) is 0 Å². The predicted molar refractivity (Wildman–Crippen MR) is 50.8 cm³/mol. The van der Waals surface area contributed by atoms with Crippen LogP contribution in [0, 0.1) is 18.9 Å². The van der Waals surface area contributed by atoms with Gasteiger partial charge in [0.2, 0.25) is 6.08 Å². The third kappa shape index (κ3) is 2.94. The third-order valence-corrected chi connectivity index (χ3v) is 1.72. The van der Waals surface area contributed by atoms with E-state index in [0.29, 0.717) is 6.42 Å². The highest BCUT2D eigenvalue weighted by Gasteiger charge is 1.92. The van der Waals surface area contributed by atoms with E-state index in [1.54, 1.807) is 0 Å². The lowest BCUT2D eigenvalue weighted by Gasteiger charge is -1.98. The van der Waals surface area contributed by atoms with Gasteiger partial charge in [0.25, 0.3) is 0 Å². The van der Waals surface area contributed by atoms with Crippen molar-refractivity contribution in [2.24, 2.45) is 4.99 Å². The van der Waals surface area contributed by atoms with Gasteiger partial charge in [-0.1, -0.05) is 30.2 Å². The zero-order chi connectivity index (χ0) is 9.52. The maximum absolute atomic E-state index is 9.69. The molecule has 0 aliphatic rings. The minimum Gasteiger partial charge on any atom is -0.210 e. The smallest absolute Gasteiger partial charge is 0.210 e. The van der Waals surface area contributed by atoms with Crippen LogP contribution in [-0.2, 0) is 11.2 Å². The summed E-state index contributed by atoms with van der Waals surface area (Å²) in [6.07, 6.45) is 1.99. The van der Waals surface area contributed by atoms with E-state index < -0.39 is 0 Å². The lowest BCUT2D eigenvalue weighted by atomic mass is 10.1. The van der Waals surface area contributed by atoms with Gasteiger partial charge in [-0.25, -0.2) is 4.79 Å². The number of carbonyl (C=O) groups excluding carboxylic acids is 1. The number of benzene rings is 1. The summed E-state index contributed by atoms with van der Waals surface area (Å²) in [4.78, 5) is 12.8. The quantitative estimate of drug-likeness (QED) is 0.360. The van der Waals surface area contributed by atoms with Gasteiger partial charge < -0.3 is 0 Å². The minimum absolute atomic E-state index is 0.623. The van der Waals surface area contributed by atoms with E-state index in [4.69, 9.17) is 0 Å². The summed E-state index contributed by atoms with van der Waals surface area (Å²) in [5.74, 6) is 2.76. The fourth-order valence-electron chi connectivity index (χ4n) is 1.01. The summed E-state index contributed by atoms with van der Waals surface area (Å²) in [6, 6.07) is 10.3. The van der Waals surface area contributed by atoms with Crippen molar-refractivity contribution in [1.29, 1.82) is 0 Å². The molecule has 0 unspecified atom stereocenters. The Hall–Kier alpha value is -1.84. The van der Waals surface area contributed by atoms with Crippen LogP contribution in [0.4, 0.5) is 0 Å². The molecule has 0 atom stereocenters. The highest BCUT2D eigenvalue weighted by atomic mass is 16.1. The first-order valence-corrected chi connectivity index (χ1v) is 3.94. The zero-order valence-corrected chi connectivity index (χ0v) is 7.37. The Bertz CT molecular complexity index is 392. The van der Waals surface area contributed by atoms with Crippen molar-refractivity contribution in [2.45, 2.75) is 13.3 Å². The van der Waals surface area contributed by atoms with Gasteiger partial charge in [0.15, 0.2) is 0 Å². The summed E-state index contributed by atoms with van der Waals surface area (Å²) in [6.45, 7) is 2.03. The fourth-order valence-corrected chi connectivity index (χ4v) is 1.01. The second-order valence-corrected chi connectivity index (χ2v) is 2.59. The van der Waals surface area contributed by atoms with Crippen LogP contribution in [0.2, 0.25) is 0 Å². The molecular formula is C11H9NO. The average molecular weight is 171 g/mol. The number of aliphatic imine (C=N–C) groups is 1. The first-order chi connectivity index (χ1) is 6.34. The molecule has 2 heteroatoms. The molecule has 0 fully saturated rings. The Morgan fingerprint density at radius 3 is 2.85 bits per heavy atom. The number of aryl methyl sites for hydroxylation is 1. The van der Waals surface area contributed by atoms with E-state index in [9.17, 15) is 4.79 Å². The molecule has 1 rings (SSSR count). The van der Waals surface area contributed by atoms with Crippen LogP contribution in [-0.4, -0.2) is 6.08 Å². The largest absolute Gasteiger partial charge is 0.249 e. The lowest BCUT2D eigenvalue weighted by molar-refractivity contribution is 0.565. The molecule has 2 nitrogen and oxygen atoms in total. The van der Waals surface area contributed by atoms with Crippen molar-refractivity contribution in [3.05, 3.63) is 35.4 Å². The molecule has 0 radical (unpaired) electrons. The van der Waals surface area contributed by atoms with Crippen LogP contribution >= 0.6 is 0 Å². The van der Waals surface area contributed by atoms with Crippen molar-refractivity contribution in [3.8, 4) is 12.0 Å². The van der Waals surface area contributed by atoms with Crippen LogP contribution in [0.1, 0.15) is 11.1 Å². The second kappa shape index (κ2) is 4.92. The van der Waals surface area contributed by atoms with Crippen molar-refractivity contribution in [1.82, 2.24) is 0 Å². The van der Waals surface area contributed by atoms with Gasteiger partial charge in [0.05, 0.1) is 0 Å². The fraction of sp³-hybridized carbons (Fsp3) is 0.182. The molecule has 0 N–H and O–H groups in total. The summed E-state index contributed by atoms with van der Waals surface area (Å²) in [7, 11) is 0. The molecular weight excluding hydrogens is 162 g/mol. The van der Waals surface area contributed by atoms with Crippen LogP contribution < -0.4 is 0 Å². The van der Waals surface area contributed by atoms with E-state index in [2.05, 4.69) is 17.0 Å². The first-order valence-electron chi connectivity index (χ1n) is 3.94. The van der Waals surface area contributed by atoms with E-state index >= 15 is 0 Å². The molecule has 0 aliphatic carbocycles. The van der Waals surface area contributed by atoms with E-state index in [1.807, 2.05) is 31.2 Å². The third-order valence-electron chi connectivity index (χ3n) is 1.72. The molecule has 0 heterocycles. The number of nitrogens with zero attached hydrogens (tertiary/aromatic N) is 1. The number of hydrogen-bond acceptors (Lipinski definition) is 2. The van der Waals surface area contributed by atoms with Gasteiger partial charge in [0.1, 0.15) is 0 Å². The molecule has 0 spiro atoms. The molecule has 0 bridgehead atoms. The maximum atomic E-state index is 9.69. The SMILES string of the molecule is Cc1ccccc1CC#CN=C=O. The van der Waals surface area contributed by atoms with Gasteiger partial charge in [-0.15, -0.1) is 4.99 Å². The average Bonchev–Trinajstić information content (AvgIpc) is 2.15. The van der Waals surface area contributed by atoms with Crippen molar-refractivity contribution >= 4 is 6.08 Å². The van der Waals surface area contributed by atoms with E-state index in [1.165, 1.54) is 11.6 Å². The summed E-state index contributed by atoms with van der Waals surface area (Å²) in [5.41, 5.74) is 2.36. The second-order valence-electron chi connectivity index (χ2n) is 2.59. The Balaban J connectivity index is 2.71. The monoisotopic (exact) mass is 171 g/mol. The van der Waals surface area contributed by atoms with Crippen LogP contribution in [0.3, 0.4) is 0 Å². The Morgan fingerprint density at radius 2 is 2.15 bits per heavy atom. The predicted octanol–water partition coefficient (Wildman–Crippen LogP) is 1.83. The number of hydrogen-bond donors (Lipinski definition) is 0. The maximum Gasteiger partial charge on any atom is 0.249 e. The highest BCUT2D eigenvalue weighted by molar-refractivity contribution is 5.37. The normalized spacial score (nSPS) is 8.08. The minimum atomic E-state index is 0.623. The molecule has 1 aromatic rings. The molecule has 13 heavy (non-hydrogen) atoms. The molecule has 0 amide bonds. The highest BCUT2D eigenvalue weighted by Crippen LogP contribution is 2.06. The Morgan fingerprint density at radius 1 is 1.38 bits per heavy atom.